The van der Waals surface area contributed by atoms with E-state index in [1.807, 2.05) is 36.5 Å². The van der Waals surface area contributed by atoms with Gasteiger partial charge in [0.2, 0.25) is 0 Å². The zero-order valence-corrected chi connectivity index (χ0v) is 15.1. The number of para-hydroxylation sites is 2. The van der Waals surface area contributed by atoms with Crippen LogP contribution in [0.3, 0.4) is 0 Å². The van der Waals surface area contributed by atoms with Crippen molar-refractivity contribution < 1.29 is 14.3 Å². The Bertz CT molecular complexity index is 937. The molecule has 1 N–H and O–H groups in total. The Hall–Kier alpha value is -3.61. The van der Waals surface area contributed by atoms with Gasteiger partial charge >= 0.3 is 12.0 Å². The Kier molecular flexibility index (Phi) is 5.51. The van der Waals surface area contributed by atoms with Crippen molar-refractivity contribution in [2.75, 3.05) is 19.5 Å². The average Bonchev–Trinajstić information content (AvgIpc) is 3.17. The zero-order valence-electron chi connectivity index (χ0n) is 15.1. The summed E-state index contributed by atoms with van der Waals surface area (Å²) < 4.78 is 6.50. The molecule has 1 aromatic heterocycles. The minimum atomic E-state index is -0.502. The minimum Gasteiger partial charge on any atom is -0.465 e. The van der Waals surface area contributed by atoms with Crippen molar-refractivity contribution in [3.05, 3.63) is 78.1 Å². The summed E-state index contributed by atoms with van der Waals surface area (Å²) in [4.78, 5) is 25.8. The van der Waals surface area contributed by atoms with Gasteiger partial charge in [-0.2, -0.15) is 5.10 Å². The van der Waals surface area contributed by atoms with E-state index in [-0.39, 0.29) is 6.03 Å². The fourth-order valence-electron chi connectivity index (χ4n) is 2.60. The van der Waals surface area contributed by atoms with Gasteiger partial charge in [-0.25, -0.2) is 14.3 Å². The number of rotatable bonds is 5. The Labute approximate surface area is 157 Å². The highest BCUT2D eigenvalue weighted by molar-refractivity contribution is 6.00. The smallest absolute Gasteiger partial charge is 0.339 e. The third kappa shape index (κ3) is 4.33. The van der Waals surface area contributed by atoms with Crippen LogP contribution in [0.1, 0.15) is 15.9 Å². The second kappa shape index (κ2) is 8.18. The molecule has 138 valence electrons. The number of benzene rings is 2. The van der Waals surface area contributed by atoms with Gasteiger partial charge in [0.25, 0.3) is 0 Å². The number of amides is 2. The van der Waals surface area contributed by atoms with Crippen LogP contribution in [-0.4, -0.2) is 40.8 Å². The van der Waals surface area contributed by atoms with Crippen LogP contribution in [0, 0.1) is 0 Å². The number of carbonyl (C=O) groups is 2. The van der Waals surface area contributed by atoms with E-state index >= 15 is 0 Å². The molecule has 0 fully saturated rings. The maximum absolute atomic E-state index is 12.5. The summed E-state index contributed by atoms with van der Waals surface area (Å²) in [7, 11) is 2.98. The van der Waals surface area contributed by atoms with Gasteiger partial charge in [-0.15, -0.1) is 0 Å². The highest BCUT2D eigenvalue weighted by Gasteiger charge is 2.16. The molecule has 27 heavy (non-hydrogen) atoms. The molecule has 0 saturated carbocycles. The molecule has 0 atom stereocenters. The molecule has 7 nitrogen and oxygen atoms in total. The molecule has 0 radical (unpaired) electrons. The second-order valence-electron chi connectivity index (χ2n) is 5.95. The predicted octanol–water partition coefficient (Wildman–Crippen LogP) is 3.32. The number of urea groups is 1. The molecule has 0 aliphatic heterocycles. The summed E-state index contributed by atoms with van der Waals surface area (Å²) in [6.45, 7) is 0.374. The first-order chi connectivity index (χ1) is 13.1. The lowest BCUT2D eigenvalue weighted by Gasteiger charge is -2.18. The maximum Gasteiger partial charge on any atom is 0.339 e. The van der Waals surface area contributed by atoms with E-state index in [4.69, 9.17) is 4.74 Å². The van der Waals surface area contributed by atoms with Gasteiger partial charge < -0.3 is 15.0 Å². The van der Waals surface area contributed by atoms with Crippen LogP contribution in [0.2, 0.25) is 0 Å². The van der Waals surface area contributed by atoms with Gasteiger partial charge in [-0.3, -0.25) is 0 Å². The third-order valence-corrected chi connectivity index (χ3v) is 4.00. The van der Waals surface area contributed by atoms with Crippen LogP contribution in [0.4, 0.5) is 10.5 Å². The highest BCUT2D eigenvalue weighted by atomic mass is 16.5. The van der Waals surface area contributed by atoms with E-state index in [1.165, 1.54) is 12.0 Å². The highest BCUT2D eigenvalue weighted by Crippen LogP contribution is 2.17. The molecule has 0 aliphatic carbocycles. The number of nitrogens with one attached hydrogen (secondary N) is 1. The van der Waals surface area contributed by atoms with Gasteiger partial charge in [-0.1, -0.05) is 30.3 Å². The topological polar surface area (TPSA) is 76.5 Å². The Morgan fingerprint density at radius 3 is 2.56 bits per heavy atom. The lowest BCUT2D eigenvalue weighted by molar-refractivity contribution is 0.0602. The number of anilines is 1. The van der Waals surface area contributed by atoms with Gasteiger partial charge in [0, 0.05) is 18.8 Å². The molecule has 0 bridgehead atoms. The Morgan fingerprint density at radius 2 is 1.81 bits per heavy atom. The minimum absolute atomic E-state index is 0.304. The molecule has 3 rings (SSSR count). The van der Waals surface area contributed by atoms with Crippen molar-refractivity contribution >= 4 is 17.7 Å². The third-order valence-electron chi connectivity index (χ3n) is 4.00. The van der Waals surface area contributed by atoms with E-state index in [9.17, 15) is 9.59 Å². The fourth-order valence-corrected chi connectivity index (χ4v) is 2.60. The predicted molar refractivity (Wildman–Crippen MR) is 102 cm³/mol. The van der Waals surface area contributed by atoms with Crippen LogP contribution in [0.5, 0.6) is 0 Å². The SMILES string of the molecule is COC(=O)c1ccccc1NC(=O)N(C)Cc1cnn(-c2ccccc2)c1. The van der Waals surface area contributed by atoms with Crippen molar-refractivity contribution in [2.45, 2.75) is 6.54 Å². The zero-order chi connectivity index (χ0) is 19.2. The Balaban J connectivity index is 1.67. The van der Waals surface area contributed by atoms with Crippen LogP contribution >= 0.6 is 0 Å². The van der Waals surface area contributed by atoms with Crippen molar-refractivity contribution in [1.82, 2.24) is 14.7 Å². The summed E-state index contributed by atoms with van der Waals surface area (Å²) in [6, 6.07) is 16.1. The van der Waals surface area contributed by atoms with Crippen LogP contribution < -0.4 is 5.32 Å². The molecule has 0 unspecified atom stereocenters. The molecule has 0 saturated heterocycles. The summed E-state index contributed by atoms with van der Waals surface area (Å²) >= 11 is 0. The fraction of sp³-hybridized carbons (Fsp3) is 0.150. The van der Waals surface area contributed by atoms with Gasteiger partial charge in [-0.05, 0) is 24.3 Å². The van der Waals surface area contributed by atoms with Crippen molar-refractivity contribution in [3.63, 3.8) is 0 Å². The number of nitrogens with zero attached hydrogens (tertiary/aromatic N) is 3. The van der Waals surface area contributed by atoms with Crippen LogP contribution in [-0.2, 0) is 11.3 Å². The Morgan fingerprint density at radius 1 is 1.11 bits per heavy atom. The normalized spacial score (nSPS) is 10.3. The molecule has 1 heterocycles. The summed E-state index contributed by atoms with van der Waals surface area (Å²) in [5.41, 5.74) is 2.54. The number of carbonyl (C=O) groups excluding carboxylic acids is 2. The first-order valence-corrected chi connectivity index (χ1v) is 8.37. The first kappa shape index (κ1) is 18.2. The van der Waals surface area contributed by atoms with Gasteiger partial charge in [0.05, 0.1) is 36.8 Å². The first-order valence-electron chi connectivity index (χ1n) is 8.37. The standard InChI is InChI=1S/C20H20N4O3/c1-23(13-15-12-21-24(14-15)16-8-4-3-5-9-16)20(26)22-18-11-7-6-10-17(18)19(25)27-2/h3-12,14H,13H2,1-2H3,(H,22,26). The number of aromatic nitrogens is 2. The number of hydrogen-bond acceptors (Lipinski definition) is 4. The monoisotopic (exact) mass is 364 g/mol. The molecule has 0 spiro atoms. The summed E-state index contributed by atoms with van der Waals surface area (Å²) in [6.07, 6.45) is 3.60. The van der Waals surface area contributed by atoms with E-state index in [0.29, 0.717) is 17.8 Å². The number of ether oxygens (including phenoxy) is 1. The van der Waals surface area contributed by atoms with E-state index < -0.39 is 5.97 Å². The quantitative estimate of drug-likeness (QED) is 0.705. The summed E-state index contributed by atoms with van der Waals surface area (Å²) in [5.74, 6) is -0.502. The van der Waals surface area contributed by atoms with Crippen molar-refractivity contribution in [3.8, 4) is 5.69 Å². The molecule has 0 aliphatic rings. The molecule has 7 heteroatoms. The lowest BCUT2D eigenvalue weighted by Crippen LogP contribution is -2.31. The number of methoxy groups -OCH3 is 1. The van der Waals surface area contributed by atoms with Gasteiger partial charge in [0.1, 0.15) is 0 Å². The molecular formula is C20H20N4O3. The van der Waals surface area contributed by atoms with Crippen LogP contribution in [0.15, 0.2) is 67.0 Å². The van der Waals surface area contributed by atoms with Crippen LogP contribution in [0.25, 0.3) is 5.69 Å². The molecule has 2 aromatic carbocycles. The largest absolute Gasteiger partial charge is 0.465 e. The summed E-state index contributed by atoms with van der Waals surface area (Å²) in [5, 5.41) is 7.07. The van der Waals surface area contributed by atoms with E-state index in [2.05, 4.69) is 10.4 Å². The molecule has 3 aromatic rings. The number of hydrogen-bond donors (Lipinski definition) is 1. The van der Waals surface area contributed by atoms with Crippen molar-refractivity contribution in [1.29, 1.82) is 0 Å². The molecule has 2 amide bonds. The van der Waals surface area contributed by atoms with Crippen molar-refractivity contribution in [2.24, 2.45) is 0 Å². The van der Waals surface area contributed by atoms with E-state index in [0.717, 1.165) is 11.3 Å². The maximum atomic E-state index is 12.5. The molecular weight excluding hydrogens is 344 g/mol. The van der Waals surface area contributed by atoms with E-state index in [1.54, 1.807) is 42.2 Å². The lowest BCUT2D eigenvalue weighted by atomic mass is 10.2. The van der Waals surface area contributed by atoms with Gasteiger partial charge in [0.15, 0.2) is 0 Å². The second-order valence-corrected chi connectivity index (χ2v) is 5.95. The number of esters is 1. The average molecular weight is 364 g/mol.